The number of nitrogens with zero attached hydrogens (tertiary/aromatic N) is 3. The second-order valence-electron chi connectivity index (χ2n) is 6.78. The van der Waals surface area contributed by atoms with Crippen molar-refractivity contribution in [1.82, 2.24) is 14.9 Å². The van der Waals surface area contributed by atoms with Crippen molar-refractivity contribution in [3.8, 4) is 11.8 Å². The number of benzene rings is 2. The lowest BCUT2D eigenvalue weighted by molar-refractivity contribution is 0.0784. The van der Waals surface area contributed by atoms with Crippen LogP contribution in [0, 0.1) is 20.8 Å². The highest BCUT2D eigenvalue weighted by Crippen LogP contribution is 2.21. The molecule has 1 aromatic heterocycles. The molecule has 0 spiro atoms. The molecule has 138 valence electrons. The van der Waals surface area contributed by atoms with E-state index in [0.29, 0.717) is 17.9 Å². The van der Waals surface area contributed by atoms with Crippen molar-refractivity contribution in [2.24, 2.45) is 0 Å². The van der Waals surface area contributed by atoms with Gasteiger partial charge in [0.15, 0.2) is 0 Å². The monoisotopic (exact) mass is 361 g/mol. The zero-order valence-corrected chi connectivity index (χ0v) is 16.1. The summed E-state index contributed by atoms with van der Waals surface area (Å²) in [5, 5.41) is 0. The second kappa shape index (κ2) is 7.99. The standard InChI is InChI=1S/C22H23N3O2/c1-15-9-16(2)11-18(10-15)14-25(4)21(26)19-12-23-22(24-13-19)27-20-8-6-5-7-17(20)3/h5-13H,14H2,1-4H3. The van der Waals surface area contributed by atoms with Gasteiger partial charge < -0.3 is 9.64 Å². The highest BCUT2D eigenvalue weighted by molar-refractivity contribution is 5.93. The Morgan fingerprint density at radius 2 is 1.63 bits per heavy atom. The van der Waals surface area contributed by atoms with Crippen LogP contribution in [0.1, 0.15) is 32.6 Å². The number of hydrogen-bond donors (Lipinski definition) is 0. The van der Waals surface area contributed by atoms with Gasteiger partial charge in [-0.2, -0.15) is 0 Å². The van der Waals surface area contributed by atoms with Crippen LogP contribution in [0.5, 0.6) is 11.8 Å². The van der Waals surface area contributed by atoms with Gasteiger partial charge in [0.1, 0.15) is 5.75 Å². The van der Waals surface area contributed by atoms with Crippen molar-refractivity contribution < 1.29 is 9.53 Å². The Bertz CT molecular complexity index is 932. The molecule has 0 aliphatic heterocycles. The van der Waals surface area contributed by atoms with Crippen LogP contribution in [-0.4, -0.2) is 27.8 Å². The van der Waals surface area contributed by atoms with E-state index >= 15 is 0 Å². The van der Waals surface area contributed by atoms with E-state index in [1.54, 1.807) is 11.9 Å². The third-order valence-corrected chi connectivity index (χ3v) is 4.22. The molecule has 0 radical (unpaired) electrons. The lowest BCUT2D eigenvalue weighted by atomic mass is 10.1. The molecule has 27 heavy (non-hydrogen) atoms. The van der Waals surface area contributed by atoms with Crippen LogP contribution in [0.15, 0.2) is 54.9 Å². The average molecular weight is 361 g/mol. The van der Waals surface area contributed by atoms with Gasteiger partial charge in [-0.25, -0.2) is 9.97 Å². The van der Waals surface area contributed by atoms with Gasteiger partial charge in [-0.1, -0.05) is 47.5 Å². The minimum absolute atomic E-state index is 0.128. The number of aryl methyl sites for hydroxylation is 3. The maximum absolute atomic E-state index is 12.6. The molecule has 0 saturated heterocycles. The molecule has 0 saturated carbocycles. The molecule has 0 aliphatic carbocycles. The van der Waals surface area contributed by atoms with Gasteiger partial charge >= 0.3 is 6.01 Å². The van der Waals surface area contributed by atoms with E-state index in [2.05, 4.69) is 42.0 Å². The molecule has 0 N–H and O–H groups in total. The fraction of sp³-hybridized carbons (Fsp3) is 0.227. The molecule has 0 aliphatic rings. The van der Waals surface area contributed by atoms with Crippen molar-refractivity contribution in [2.45, 2.75) is 27.3 Å². The SMILES string of the molecule is Cc1cc(C)cc(CN(C)C(=O)c2cnc(Oc3ccccc3C)nc2)c1. The number of aromatic nitrogens is 2. The lowest BCUT2D eigenvalue weighted by Gasteiger charge is -2.18. The third-order valence-electron chi connectivity index (χ3n) is 4.22. The van der Waals surface area contributed by atoms with Crippen molar-refractivity contribution in [1.29, 1.82) is 0 Å². The first kappa shape index (κ1) is 18.6. The molecule has 1 amide bonds. The average Bonchev–Trinajstić information content (AvgIpc) is 2.63. The van der Waals surface area contributed by atoms with Gasteiger partial charge in [-0.15, -0.1) is 0 Å². The smallest absolute Gasteiger partial charge is 0.321 e. The van der Waals surface area contributed by atoms with E-state index in [1.165, 1.54) is 23.5 Å². The van der Waals surface area contributed by atoms with E-state index in [-0.39, 0.29) is 11.9 Å². The zero-order chi connectivity index (χ0) is 19.4. The summed E-state index contributed by atoms with van der Waals surface area (Å²) in [6, 6.07) is 14.2. The Balaban J connectivity index is 1.68. The molecule has 0 fully saturated rings. The predicted molar refractivity (Wildman–Crippen MR) is 105 cm³/mol. The summed E-state index contributed by atoms with van der Waals surface area (Å²) in [4.78, 5) is 22.7. The van der Waals surface area contributed by atoms with E-state index in [4.69, 9.17) is 4.74 Å². The largest absolute Gasteiger partial charge is 0.424 e. The summed E-state index contributed by atoms with van der Waals surface area (Å²) in [6.45, 7) is 6.59. The number of hydrogen-bond acceptors (Lipinski definition) is 4. The van der Waals surface area contributed by atoms with E-state index < -0.39 is 0 Å². The minimum Gasteiger partial charge on any atom is -0.424 e. The first-order valence-electron chi connectivity index (χ1n) is 8.80. The van der Waals surface area contributed by atoms with Gasteiger partial charge in [0.25, 0.3) is 5.91 Å². The summed E-state index contributed by atoms with van der Waals surface area (Å²) in [5.41, 5.74) is 4.90. The predicted octanol–water partition coefficient (Wildman–Crippen LogP) is 4.47. The van der Waals surface area contributed by atoms with Crippen molar-refractivity contribution in [3.63, 3.8) is 0 Å². The molecule has 0 unspecified atom stereocenters. The molecule has 1 heterocycles. The number of carbonyl (C=O) groups is 1. The van der Waals surface area contributed by atoms with Gasteiger partial charge in [0, 0.05) is 26.0 Å². The molecule has 0 atom stereocenters. The molecule has 3 aromatic rings. The van der Waals surface area contributed by atoms with Crippen LogP contribution < -0.4 is 4.74 Å². The van der Waals surface area contributed by atoms with Crippen molar-refractivity contribution in [3.05, 3.63) is 82.7 Å². The molecule has 2 aromatic carbocycles. The zero-order valence-electron chi connectivity index (χ0n) is 16.1. The second-order valence-corrected chi connectivity index (χ2v) is 6.78. The summed E-state index contributed by atoms with van der Waals surface area (Å²) < 4.78 is 5.68. The first-order chi connectivity index (χ1) is 12.9. The molecular weight excluding hydrogens is 338 g/mol. The van der Waals surface area contributed by atoms with Crippen LogP contribution in [0.3, 0.4) is 0 Å². The Morgan fingerprint density at radius 1 is 1.00 bits per heavy atom. The molecule has 5 nitrogen and oxygen atoms in total. The normalized spacial score (nSPS) is 10.5. The van der Waals surface area contributed by atoms with Crippen LogP contribution in [0.25, 0.3) is 0 Å². The van der Waals surface area contributed by atoms with Crippen LogP contribution in [0.4, 0.5) is 0 Å². The van der Waals surface area contributed by atoms with Gasteiger partial charge in [0.05, 0.1) is 5.56 Å². The summed E-state index contributed by atoms with van der Waals surface area (Å²) in [5.74, 6) is 0.570. The van der Waals surface area contributed by atoms with Crippen LogP contribution in [-0.2, 0) is 6.54 Å². The number of amides is 1. The number of rotatable bonds is 5. The summed E-state index contributed by atoms with van der Waals surface area (Å²) >= 11 is 0. The van der Waals surface area contributed by atoms with E-state index in [9.17, 15) is 4.79 Å². The molecular formula is C22H23N3O2. The van der Waals surface area contributed by atoms with Crippen molar-refractivity contribution >= 4 is 5.91 Å². The Hall–Kier alpha value is -3.21. The number of carbonyl (C=O) groups excluding carboxylic acids is 1. The van der Waals surface area contributed by atoms with Gasteiger partial charge in [0.2, 0.25) is 0 Å². The Morgan fingerprint density at radius 3 is 2.26 bits per heavy atom. The maximum Gasteiger partial charge on any atom is 0.321 e. The van der Waals surface area contributed by atoms with Crippen LogP contribution in [0.2, 0.25) is 0 Å². The maximum atomic E-state index is 12.6. The van der Waals surface area contributed by atoms with Gasteiger partial charge in [-0.05, 0) is 38.0 Å². The highest BCUT2D eigenvalue weighted by atomic mass is 16.5. The molecule has 3 rings (SSSR count). The molecule has 5 heteroatoms. The Labute approximate surface area is 159 Å². The van der Waals surface area contributed by atoms with Gasteiger partial charge in [-0.3, -0.25) is 4.79 Å². The Kier molecular flexibility index (Phi) is 5.50. The fourth-order valence-corrected chi connectivity index (χ4v) is 2.97. The first-order valence-corrected chi connectivity index (χ1v) is 8.80. The summed E-state index contributed by atoms with van der Waals surface area (Å²) in [7, 11) is 1.78. The minimum atomic E-state index is -0.128. The lowest BCUT2D eigenvalue weighted by Crippen LogP contribution is -2.26. The van der Waals surface area contributed by atoms with E-state index in [1.807, 2.05) is 31.2 Å². The van der Waals surface area contributed by atoms with Crippen molar-refractivity contribution in [2.75, 3.05) is 7.05 Å². The van der Waals surface area contributed by atoms with E-state index in [0.717, 1.165) is 11.1 Å². The number of ether oxygens (including phenoxy) is 1. The number of para-hydroxylation sites is 1. The fourth-order valence-electron chi connectivity index (χ4n) is 2.97. The quantitative estimate of drug-likeness (QED) is 0.673. The summed E-state index contributed by atoms with van der Waals surface area (Å²) in [6.07, 6.45) is 3.00. The third kappa shape index (κ3) is 4.70. The van der Waals surface area contributed by atoms with Crippen LogP contribution >= 0.6 is 0 Å². The highest BCUT2D eigenvalue weighted by Gasteiger charge is 2.14. The molecule has 0 bridgehead atoms. The topological polar surface area (TPSA) is 55.3 Å².